The number of ether oxygens (including phenoxy) is 1. The molecule has 0 bridgehead atoms. The van der Waals surface area contributed by atoms with Crippen LogP contribution in [0.5, 0.6) is 5.75 Å². The summed E-state index contributed by atoms with van der Waals surface area (Å²) in [6.07, 6.45) is 3.47. The Hall–Kier alpha value is -0.510. The van der Waals surface area contributed by atoms with Crippen molar-refractivity contribution >= 4 is 24.8 Å². The Labute approximate surface area is 90.7 Å². The van der Waals surface area contributed by atoms with Crippen LogP contribution in [0.2, 0.25) is 0 Å². The maximum atomic E-state index is 5.10. The summed E-state index contributed by atoms with van der Waals surface area (Å²) in [5.41, 5.74) is 1.13. The zero-order valence-corrected chi connectivity index (χ0v) is 9.24. The van der Waals surface area contributed by atoms with Gasteiger partial charge in [0, 0.05) is 18.3 Å². The second kappa shape index (κ2) is 8.10. The highest BCUT2D eigenvalue weighted by atomic mass is 35.5. The first-order chi connectivity index (χ1) is 5.38. The average molecular weight is 225 g/mol. The van der Waals surface area contributed by atoms with Gasteiger partial charge < -0.3 is 10.1 Å². The summed E-state index contributed by atoms with van der Waals surface area (Å²) in [6, 6.07) is 1.94. The lowest BCUT2D eigenvalue weighted by atomic mass is 10.2. The van der Waals surface area contributed by atoms with Gasteiger partial charge in [0.25, 0.3) is 0 Å². The van der Waals surface area contributed by atoms with Crippen molar-refractivity contribution in [2.45, 2.75) is 6.54 Å². The number of methoxy groups -OCH3 is 1. The number of hydrogen-bond donors (Lipinski definition) is 1. The Balaban J connectivity index is 0. The van der Waals surface area contributed by atoms with E-state index in [9.17, 15) is 0 Å². The van der Waals surface area contributed by atoms with E-state index in [0.717, 1.165) is 17.9 Å². The fourth-order valence-corrected chi connectivity index (χ4v) is 0.929. The molecule has 0 aliphatic heterocycles. The zero-order valence-electron chi connectivity index (χ0n) is 7.61. The predicted molar refractivity (Wildman–Crippen MR) is 58.0 cm³/mol. The largest absolute Gasteiger partial charge is 0.495 e. The molecule has 0 aliphatic carbocycles. The molecule has 0 saturated carbocycles. The Kier molecular flexibility index (Phi) is 9.34. The number of aromatic nitrogens is 1. The molecule has 1 rings (SSSR count). The molecular formula is C8H14Cl2N2O. The quantitative estimate of drug-likeness (QED) is 0.849. The molecule has 0 fully saturated rings. The summed E-state index contributed by atoms with van der Waals surface area (Å²) < 4.78 is 5.10. The lowest BCUT2D eigenvalue weighted by Gasteiger charge is -2.05. The van der Waals surface area contributed by atoms with Crippen molar-refractivity contribution in [2.75, 3.05) is 14.2 Å². The number of halogens is 2. The minimum Gasteiger partial charge on any atom is -0.495 e. The Morgan fingerprint density at radius 1 is 1.46 bits per heavy atom. The van der Waals surface area contributed by atoms with Crippen LogP contribution < -0.4 is 10.1 Å². The highest BCUT2D eigenvalue weighted by molar-refractivity contribution is 5.85. The molecule has 5 heteroatoms. The Morgan fingerprint density at radius 3 is 2.69 bits per heavy atom. The van der Waals surface area contributed by atoms with Crippen molar-refractivity contribution in [3.8, 4) is 5.75 Å². The van der Waals surface area contributed by atoms with Crippen LogP contribution in [0.1, 0.15) is 5.56 Å². The molecule has 13 heavy (non-hydrogen) atoms. The molecule has 0 aliphatic rings. The SMILES string of the molecule is CNCc1ccncc1OC.Cl.Cl. The van der Waals surface area contributed by atoms with E-state index < -0.39 is 0 Å². The third kappa shape index (κ3) is 4.31. The van der Waals surface area contributed by atoms with E-state index in [-0.39, 0.29) is 24.8 Å². The van der Waals surface area contributed by atoms with E-state index in [2.05, 4.69) is 10.3 Å². The van der Waals surface area contributed by atoms with Crippen LogP contribution in [-0.4, -0.2) is 19.1 Å². The molecule has 0 amide bonds. The van der Waals surface area contributed by atoms with E-state index in [4.69, 9.17) is 4.74 Å². The van der Waals surface area contributed by atoms with Gasteiger partial charge in [-0.25, -0.2) is 0 Å². The molecule has 0 aromatic carbocycles. The molecule has 1 heterocycles. The van der Waals surface area contributed by atoms with E-state index >= 15 is 0 Å². The smallest absolute Gasteiger partial charge is 0.141 e. The standard InChI is InChI=1S/C8H12N2O.2ClH/c1-9-5-7-3-4-10-6-8(7)11-2;;/h3-4,6,9H,5H2,1-2H3;2*1H. The van der Waals surface area contributed by atoms with Crippen molar-refractivity contribution in [2.24, 2.45) is 0 Å². The van der Waals surface area contributed by atoms with Crippen LogP contribution >= 0.6 is 24.8 Å². The summed E-state index contributed by atoms with van der Waals surface area (Å²) in [6.45, 7) is 0.811. The summed E-state index contributed by atoms with van der Waals surface area (Å²) >= 11 is 0. The van der Waals surface area contributed by atoms with Gasteiger partial charge in [0.15, 0.2) is 0 Å². The fourth-order valence-electron chi connectivity index (χ4n) is 0.929. The molecule has 3 nitrogen and oxygen atoms in total. The Bertz CT molecular complexity index is 233. The molecule has 0 unspecified atom stereocenters. The lowest BCUT2D eigenvalue weighted by molar-refractivity contribution is 0.406. The molecule has 0 atom stereocenters. The van der Waals surface area contributed by atoms with Crippen LogP contribution in [0.25, 0.3) is 0 Å². The number of rotatable bonds is 3. The predicted octanol–water partition coefficient (Wildman–Crippen LogP) is 1.65. The molecule has 0 spiro atoms. The minimum absolute atomic E-state index is 0. The molecule has 76 valence electrons. The number of nitrogens with zero attached hydrogens (tertiary/aromatic N) is 1. The average Bonchev–Trinajstić information content (AvgIpc) is 2.06. The van der Waals surface area contributed by atoms with Crippen LogP contribution in [0.3, 0.4) is 0 Å². The summed E-state index contributed by atoms with van der Waals surface area (Å²) in [7, 11) is 3.55. The highest BCUT2D eigenvalue weighted by Crippen LogP contribution is 2.14. The van der Waals surface area contributed by atoms with Gasteiger partial charge in [-0.05, 0) is 13.1 Å². The first kappa shape index (κ1) is 15.0. The summed E-state index contributed by atoms with van der Waals surface area (Å²) in [4.78, 5) is 3.95. The van der Waals surface area contributed by atoms with E-state index in [1.54, 1.807) is 19.5 Å². The first-order valence-electron chi connectivity index (χ1n) is 3.50. The van der Waals surface area contributed by atoms with Gasteiger partial charge >= 0.3 is 0 Å². The topological polar surface area (TPSA) is 34.2 Å². The lowest BCUT2D eigenvalue weighted by Crippen LogP contribution is -2.06. The van der Waals surface area contributed by atoms with Crippen LogP contribution in [0.4, 0.5) is 0 Å². The second-order valence-electron chi connectivity index (χ2n) is 2.22. The van der Waals surface area contributed by atoms with Crippen molar-refractivity contribution in [1.82, 2.24) is 10.3 Å². The first-order valence-corrected chi connectivity index (χ1v) is 3.50. The summed E-state index contributed by atoms with van der Waals surface area (Å²) in [5.74, 6) is 0.835. The zero-order chi connectivity index (χ0) is 8.10. The van der Waals surface area contributed by atoms with Gasteiger partial charge in [0.1, 0.15) is 5.75 Å². The second-order valence-corrected chi connectivity index (χ2v) is 2.22. The minimum atomic E-state index is 0. The van der Waals surface area contributed by atoms with Gasteiger partial charge in [0.2, 0.25) is 0 Å². The van der Waals surface area contributed by atoms with Crippen molar-refractivity contribution in [1.29, 1.82) is 0 Å². The molecule has 0 saturated heterocycles. The normalized spacial score (nSPS) is 8.15. The van der Waals surface area contributed by atoms with Crippen molar-refractivity contribution in [3.63, 3.8) is 0 Å². The monoisotopic (exact) mass is 224 g/mol. The van der Waals surface area contributed by atoms with Crippen LogP contribution in [0.15, 0.2) is 18.5 Å². The summed E-state index contributed by atoms with van der Waals surface area (Å²) in [5, 5.41) is 3.05. The van der Waals surface area contributed by atoms with Gasteiger partial charge in [-0.2, -0.15) is 0 Å². The molecule has 1 aromatic rings. The third-order valence-corrected chi connectivity index (χ3v) is 1.46. The maximum absolute atomic E-state index is 5.10. The molecule has 1 aromatic heterocycles. The maximum Gasteiger partial charge on any atom is 0.141 e. The number of pyridine rings is 1. The van der Waals surface area contributed by atoms with E-state index in [0.29, 0.717) is 0 Å². The fraction of sp³-hybridized carbons (Fsp3) is 0.375. The third-order valence-electron chi connectivity index (χ3n) is 1.46. The molecular weight excluding hydrogens is 211 g/mol. The van der Waals surface area contributed by atoms with Gasteiger partial charge in [-0.3, -0.25) is 4.98 Å². The van der Waals surface area contributed by atoms with Gasteiger partial charge in [-0.15, -0.1) is 24.8 Å². The number of hydrogen-bond acceptors (Lipinski definition) is 3. The van der Waals surface area contributed by atoms with E-state index in [1.165, 1.54) is 0 Å². The van der Waals surface area contributed by atoms with Gasteiger partial charge in [0.05, 0.1) is 13.3 Å². The van der Waals surface area contributed by atoms with Crippen molar-refractivity contribution in [3.05, 3.63) is 24.0 Å². The molecule has 0 radical (unpaired) electrons. The van der Waals surface area contributed by atoms with Crippen LogP contribution in [-0.2, 0) is 6.54 Å². The number of nitrogens with one attached hydrogen (secondary N) is 1. The van der Waals surface area contributed by atoms with Crippen molar-refractivity contribution < 1.29 is 4.74 Å². The highest BCUT2D eigenvalue weighted by Gasteiger charge is 1.98. The Morgan fingerprint density at radius 2 is 2.15 bits per heavy atom. The van der Waals surface area contributed by atoms with Crippen LogP contribution in [0, 0.1) is 0 Å². The van der Waals surface area contributed by atoms with E-state index in [1.807, 2.05) is 13.1 Å². The van der Waals surface area contributed by atoms with Gasteiger partial charge in [-0.1, -0.05) is 0 Å². The molecule has 1 N–H and O–H groups in total.